The summed E-state index contributed by atoms with van der Waals surface area (Å²) in [6.07, 6.45) is 5.51. The number of fused-ring (bicyclic) bond motifs is 1. The first-order valence-electron chi connectivity index (χ1n) is 7.46. The molecule has 1 N–H and O–H groups in total. The van der Waals surface area contributed by atoms with E-state index in [0.29, 0.717) is 0 Å². The third kappa shape index (κ3) is 2.11. The van der Waals surface area contributed by atoms with Gasteiger partial charge in [0.15, 0.2) is 0 Å². The summed E-state index contributed by atoms with van der Waals surface area (Å²) in [7, 11) is 0. The third-order valence-electron chi connectivity index (χ3n) is 4.44. The van der Waals surface area contributed by atoms with Gasteiger partial charge in [-0.1, -0.05) is 18.2 Å². The minimum absolute atomic E-state index is 0.252. The van der Waals surface area contributed by atoms with Gasteiger partial charge in [0.25, 0.3) is 0 Å². The molecule has 1 saturated heterocycles. The maximum atomic E-state index is 12.9. The van der Waals surface area contributed by atoms with Gasteiger partial charge in [-0.25, -0.2) is 0 Å². The molecule has 3 nitrogen and oxygen atoms in total. The standard InChI is InChI=1S/C17H22N2O/c1-17(2,16(20)19-10-6-3-7-11-19)14-12-18-15-9-5-4-8-13(14)15/h4-5,8-9,12,18H,3,6-7,10-11H2,1-2H3. The van der Waals surface area contributed by atoms with E-state index in [2.05, 4.69) is 17.1 Å². The van der Waals surface area contributed by atoms with Crippen LogP contribution in [0.25, 0.3) is 10.9 Å². The summed E-state index contributed by atoms with van der Waals surface area (Å²) in [5, 5.41) is 1.16. The fourth-order valence-electron chi connectivity index (χ4n) is 3.20. The van der Waals surface area contributed by atoms with E-state index >= 15 is 0 Å². The fourth-order valence-corrected chi connectivity index (χ4v) is 3.20. The Morgan fingerprint density at radius 1 is 1.15 bits per heavy atom. The largest absolute Gasteiger partial charge is 0.361 e. The number of carbonyl (C=O) groups is 1. The van der Waals surface area contributed by atoms with E-state index in [4.69, 9.17) is 0 Å². The molecule has 1 aliphatic heterocycles. The second-order valence-corrected chi connectivity index (χ2v) is 6.23. The lowest BCUT2D eigenvalue weighted by atomic mass is 9.82. The smallest absolute Gasteiger partial charge is 0.232 e. The van der Waals surface area contributed by atoms with Gasteiger partial charge < -0.3 is 9.88 Å². The van der Waals surface area contributed by atoms with Crippen LogP contribution in [0.1, 0.15) is 38.7 Å². The Morgan fingerprint density at radius 2 is 1.85 bits per heavy atom. The number of carbonyl (C=O) groups excluding carboxylic acids is 1. The number of likely N-dealkylation sites (tertiary alicyclic amines) is 1. The van der Waals surface area contributed by atoms with Crippen LogP contribution < -0.4 is 0 Å². The summed E-state index contributed by atoms with van der Waals surface area (Å²) in [5.74, 6) is 0.252. The second kappa shape index (κ2) is 4.97. The van der Waals surface area contributed by atoms with Crippen LogP contribution >= 0.6 is 0 Å². The predicted octanol–water partition coefficient (Wildman–Crippen LogP) is 3.46. The van der Waals surface area contributed by atoms with Gasteiger partial charge in [-0.15, -0.1) is 0 Å². The molecule has 3 rings (SSSR count). The third-order valence-corrected chi connectivity index (χ3v) is 4.44. The summed E-state index contributed by atoms with van der Waals surface area (Å²) in [5.41, 5.74) is 1.72. The number of H-pyrrole nitrogens is 1. The van der Waals surface area contributed by atoms with Crippen molar-refractivity contribution in [2.75, 3.05) is 13.1 Å². The topological polar surface area (TPSA) is 36.1 Å². The van der Waals surface area contributed by atoms with E-state index in [0.717, 1.165) is 42.4 Å². The predicted molar refractivity (Wildman–Crippen MR) is 81.8 cm³/mol. The molecule has 0 radical (unpaired) electrons. The number of hydrogen-bond acceptors (Lipinski definition) is 1. The monoisotopic (exact) mass is 270 g/mol. The number of aromatic nitrogens is 1. The maximum Gasteiger partial charge on any atom is 0.232 e. The SMILES string of the molecule is CC(C)(C(=O)N1CCCCC1)c1c[nH]c2ccccc12. The van der Waals surface area contributed by atoms with Crippen LogP contribution in [0.2, 0.25) is 0 Å². The number of piperidine rings is 1. The number of nitrogens with zero attached hydrogens (tertiary/aromatic N) is 1. The summed E-state index contributed by atoms with van der Waals surface area (Å²) in [6.45, 7) is 5.90. The Kier molecular flexibility index (Phi) is 3.28. The van der Waals surface area contributed by atoms with Crippen LogP contribution in [0.3, 0.4) is 0 Å². The van der Waals surface area contributed by atoms with E-state index in [1.807, 2.05) is 37.1 Å². The molecule has 3 heteroatoms. The Morgan fingerprint density at radius 3 is 2.60 bits per heavy atom. The van der Waals surface area contributed by atoms with Gasteiger partial charge in [0.05, 0.1) is 5.41 Å². The molecule has 1 amide bonds. The number of nitrogens with one attached hydrogen (secondary N) is 1. The Balaban J connectivity index is 1.96. The number of amides is 1. The molecule has 2 heterocycles. The molecule has 0 spiro atoms. The zero-order valence-corrected chi connectivity index (χ0v) is 12.3. The first-order valence-corrected chi connectivity index (χ1v) is 7.46. The number of para-hydroxylation sites is 1. The van der Waals surface area contributed by atoms with Crippen molar-refractivity contribution in [2.45, 2.75) is 38.5 Å². The molecule has 0 atom stereocenters. The van der Waals surface area contributed by atoms with Crippen molar-refractivity contribution in [1.29, 1.82) is 0 Å². The van der Waals surface area contributed by atoms with Gasteiger partial charge in [-0.3, -0.25) is 4.79 Å². The van der Waals surface area contributed by atoms with Crippen LogP contribution in [0, 0.1) is 0 Å². The Hall–Kier alpha value is -1.77. The molecule has 1 aromatic carbocycles. The minimum Gasteiger partial charge on any atom is -0.361 e. The average Bonchev–Trinajstić information content (AvgIpc) is 2.92. The zero-order valence-electron chi connectivity index (χ0n) is 12.3. The fraction of sp³-hybridized carbons (Fsp3) is 0.471. The van der Waals surface area contributed by atoms with Crippen molar-refractivity contribution < 1.29 is 4.79 Å². The van der Waals surface area contributed by atoms with Gasteiger partial charge in [0.1, 0.15) is 0 Å². The number of benzene rings is 1. The van der Waals surface area contributed by atoms with Crippen molar-refractivity contribution in [1.82, 2.24) is 9.88 Å². The molecule has 0 unspecified atom stereocenters. The van der Waals surface area contributed by atoms with Gasteiger partial charge in [-0.05, 0) is 44.7 Å². The molecule has 0 aliphatic carbocycles. The van der Waals surface area contributed by atoms with Crippen molar-refractivity contribution in [3.63, 3.8) is 0 Å². The van der Waals surface area contributed by atoms with Gasteiger partial charge in [0, 0.05) is 30.2 Å². The van der Waals surface area contributed by atoms with E-state index < -0.39 is 5.41 Å². The number of hydrogen-bond donors (Lipinski definition) is 1. The second-order valence-electron chi connectivity index (χ2n) is 6.23. The highest BCUT2D eigenvalue weighted by molar-refractivity contribution is 5.94. The minimum atomic E-state index is -0.475. The quantitative estimate of drug-likeness (QED) is 0.891. The van der Waals surface area contributed by atoms with Gasteiger partial charge in [0.2, 0.25) is 5.91 Å². The van der Waals surface area contributed by atoms with E-state index in [9.17, 15) is 4.79 Å². The highest BCUT2D eigenvalue weighted by Gasteiger charge is 2.35. The summed E-state index contributed by atoms with van der Waals surface area (Å²) in [6, 6.07) is 8.19. The molecule has 2 aromatic rings. The van der Waals surface area contributed by atoms with Gasteiger partial charge >= 0.3 is 0 Å². The highest BCUT2D eigenvalue weighted by Crippen LogP contribution is 2.32. The molecule has 1 aromatic heterocycles. The molecule has 1 aliphatic rings. The van der Waals surface area contributed by atoms with Crippen LogP contribution in [0.4, 0.5) is 0 Å². The van der Waals surface area contributed by atoms with Crippen molar-refractivity contribution in [3.8, 4) is 0 Å². The van der Waals surface area contributed by atoms with Crippen molar-refractivity contribution >= 4 is 16.8 Å². The normalized spacial score (nSPS) is 16.6. The summed E-state index contributed by atoms with van der Waals surface area (Å²) < 4.78 is 0. The summed E-state index contributed by atoms with van der Waals surface area (Å²) in [4.78, 5) is 18.2. The molecule has 0 saturated carbocycles. The molecule has 0 bridgehead atoms. The summed E-state index contributed by atoms with van der Waals surface area (Å²) >= 11 is 0. The van der Waals surface area contributed by atoms with E-state index in [-0.39, 0.29) is 5.91 Å². The number of aromatic amines is 1. The number of rotatable bonds is 2. The first kappa shape index (κ1) is 13.2. The first-order chi connectivity index (χ1) is 9.60. The maximum absolute atomic E-state index is 12.9. The average molecular weight is 270 g/mol. The lowest BCUT2D eigenvalue weighted by Crippen LogP contribution is -2.45. The van der Waals surface area contributed by atoms with E-state index in [1.165, 1.54) is 6.42 Å². The Labute approximate surface area is 120 Å². The van der Waals surface area contributed by atoms with Crippen LogP contribution in [0.5, 0.6) is 0 Å². The van der Waals surface area contributed by atoms with Crippen LogP contribution in [-0.4, -0.2) is 28.9 Å². The highest BCUT2D eigenvalue weighted by atomic mass is 16.2. The van der Waals surface area contributed by atoms with E-state index in [1.54, 1.807) is 0 Å². The zero-order chi connectivity index (χ0) is 14.2. The van der Waals surface area contributed by atoms with Crippen LogP contribution in [-0.2, 0) is 10.2 Å². The van der Waals surface area contributed by atoms with Crippen LogP contribution in [0.15, 0.2) is 30.5 Å². The Bertz CT molecular complexity index is 621. The van der Waals surface area contributed by atoms with Crippen molar-refractivity contribution in [3.05, 3.63) is 36.0 Å². The lowest BCUT2D eigenvalue weighted by molar-refractivity contribution is -0.137. The molecular formula is C17H22N2O. The van der Waals surface area contributed by atoms with Crippen molar-refractivity contribution in [2.24, 2.45) is 0 Å². The molecule has 106 valence electrons. The molecule has 20 heavy (non-hydrogen) atoms. The lowest BCUT2D eigenvalue weighted by Gasteiger charge is -2.34. The molecule has 1 fully saturated rings. The van der Waals surface area contributed by atoms with Gasteiger partial charge in [-0.2, -0.15) is 0 Å². The molecular weight excluding hydrogens is 248 g/mol.